The molecule has 3 fully saturated rings. The molecule has 0 spiro atoms. The zero-order valence-corrected chi connectivity index (χ0v) is 28.4. The molecule has 7 rings (SSSR count). The third kappa shape index (κ3) is 3.82. The summed E-state index contributed by atoms with van der Waals surface area (Å²) in [5, 5.41) is 4.43. The number of aromatic nitrogens is 1. The Morgan fingerprint density at radius 1 is 0.955 bits per heavy atom. The van der Waals surface area contributed by atoms with E-state index in [2.05, 4.69) is 89.1 Å². The first-order valence-electron chi connectivity index (χ1n) is 17.3. The van der Waals surface area contributed by atoms with Crippen molar-refractivity contribution in [2.45, 2.75) is 112 Å². The van der Waals surface area contributed by atoms with Gasteiger partial charge < -0.3 is 15.0 Å². The molecule has 1 heterocycles. The first kappa shape index (κ1) is 30.1. The summed E-state index contributed by atoms with van der Waals surface area (Å²) in [6.45, 7) is 17.6. The van der Waals surface area contributed by atoms with E-state index in [9.17, 15) is 9.59 Å². The zero-order chi connectivity index (χ0) is 31.5. The number of hydrogen-bond donors (Lipinski definition) is 2. The fourth-order valence-electron chi connectivity index (χ4n) is 12.3. The van der Waals surface area contributed by atoms with Crippen molar-refractivity contribution in [1.82, 2.24) is 10.3 Å². The lowest BCUT2D eigenvalue weighted by Crippen LogP contribution is -2.65. The maximum absolute atomic E-state index is 14.1. The fraction of sp³-hybridized carbons (Fsp3) is 0.692. The third-order valence-electron chi connectivity index (χ3n) is 14.9. The average Bonchev–Trinajstić information content (AvgIpc) is 3.34. The maximum atomic E-state index is 14.1. The van der Waals surface area contributed by atoms with Crippen molar-refractivity contribution >= 4 is 22.8 Å². The number of methoxy groups -OCH3 is 1. The number of rotatable bonds is 3. The summed E-state index contributed by atoms with van der Waals surface area (Å²) < 4.78 is 4.87. The van der Waals surface area contributed by atoms with Gasteiger partial charge in [-0.3, -0.25) is 9.59 Å². The molecular weight excluding hydrogens is 544 g/mol. The van der Waals surface area contributed by atoms with Crippen LogP contribution in [0.2, 0.25) is 0 Å². The van der Waals surface area contributed by atoms with Crippen LogP contribution < -0.4 is 5.32 Å². The molecule has 0 saturated heterocycles. The number of ether oxygens (including phenoxy) is 1. The van der Waals surface area contributed by atoms with Gasteiger partial charge >= 0.3 is 5.97 Å². The molecule has 1 amide bonds. The standard InChI is InChI=1S/C39H54N2O3/c1-34(2)17-19-39(33(43)40-23-31(42)44-8)20-18-37(6)26(27(39)22-34)13-14-30-36(5)21-25-24-11-9-10-12-28(24)41-32(25)35(3,4)29(36)15-16-38(30,37)7/h9-13,27,29-30,41H,14-23H2,1-8H3,(H,40,43)/t27-,29-,30+,36-,37+,38+,39-/m0/s1. The Hall–Kier alpha value is -2.56. The van der Waals surface area contributed by atoms with Gasteiger partial charge in [0.1, 0.15) is 6.54 Å². The fourth-order valence-corrected chi connectivity index (χ4v) is 12.3. The molecule has 5 heteroatoms. The molecule has 2 N–H and O–H groups in total. The van der Waals surface area contributed by atoms with Crippen molar-refractivity contribution in [3.8, 4) is 0 Å². The van der Waals surface area contributed by atoms with E-state index in [1.807, 2.05) is 0 Å². The second-order valence-corrected chi connectivity index (χ2v) is 17.6. The maximum Gasteiger partial charge on any atom is 0.325 e. The highest BCUT2D eigenvalue weighted by Gasteiger charge is 2.69. The quantitative estimate of drug-likeness (QED) is 0.276. The zero-order valence-electron chi connectivity index (χ0n) is 28.4. The molecule has 5 nitrogen and oxygen atoms in total. The highest BCUT2D eigenvalue weighted by Crippen LogP contribution is 2.75. The van der Waals surface area contributed by atoms with Crippen LogP contribution in [-0.2, 0) is 26.2 Å². The molecule has 238 valence electrons. The molecule has 1 aromatic carbocycles. The number of carbonyl (C=O) groups is 2. The molecule has 7 atom stereocenters. The molecule has 3 saturated carbocycles. The topological polar surface area (TPSA) is 71.2 Å². The van der Waals surface area contributed by atoms with Crippen molar-refractivity contribution in [2.24, 2.45) is 44.8 Å². The van der Waals surface area contributed by atoms with E-state index in [4.69, 9.17) is 4.74 Å². The molecule has 5 aliphatic carbocycles. The van der Waals surface area contributed by atoms with E-state index >= 15 is 0 Å². The van der Waals surface area contributed by atoms with E-state index in [-0.39, 0.29) is 51.4 Å². The number of carbonyl (C=O) groups excluding carboxylic acids is 2. The van der Waals surface area contributed by atoms with Gasteiger partial charge in [-0.15, -0.1) is 0 Å². The van der Waals surface area contributed by atoms with Crippen LogP contribution >= 0.6 is 0 Å². The number of H-pyrrole nitrogens is 1. The Bertz CT molecular complexity index is 1560. The number of para-hydroxylation sites is 1. The lowest BCUT2D eigenvalue weighted by molar-refractivity contribution is -0.168. The monoisotopic (exact) mass is 598 g/mol. The predicted octanol–water partition coefficient (Wildman–Crippen LogP) is 8.27. The summed E-state index contributed by atoms with van der Waals surface area (Å²) in [7, 11) is 1.39. The average molecular weight is 599 g/mol. The SMILES string of the molecule is COC(=O)CNC(=O)[C@]12CCC(C)(C)C[C@H]1C1=CC[C@@H]3[C@@]4(C)Cc5c([nH]c6ccccc56)C(C)(C)[C@@H]4CC[C@@]3(C)[C@]1(C)CC2. The third-order valence-corrected chi connectivity index (χ3v) is 14.9. The summed E-state index contributed by atoms with van der Waals surface area (Å²) >= 11 is 0. The van der Waals surface area contributed by atoms with Crippen LogP contribution in [-0.4, -0.2) is 30.5 Å². The first-order chi connectivity index (χ1) is 20.6. The summed E-state index contributed by atoms with van der Waals surface area (Å²) in [6.07, 6.45) is 12.3. The number of fused-ring (bicyclic) bond motifs is 10. The van der Waals surface area contributed by atoms with Crippen molar-refractivity contribution in [3.63, 3.8) is 0 Å². The summed E-state index contributed by atoms with van der Waals surface area (Å²) in [5.41, 5.74) is 6.10. The Balaban J connectivity index is 1.30. The Labute approximate surface area is 264 Å². The van der Waals surface area contributed by atoms with E-state index in [1.54, 1.807) is 11.1 Å². The minimum atomic E-state index is -0.440. The normalized spacial score (nSPS) is 39.9. The molecule has 1 aromatic heterocycles. The molecule has 44 heavy (non-hydrogen) atoms. The van der Waals surface area contributed by atoms with E-state index < -0.39 is 5.41 Å². The molecule has 2 aromatic rings. The minimum Gasteiger partial charge on any atom is -0.468 e. The van der Waals surface area contributed by atoms with Crippen LogP contribution in [0.3, 0.4) is 0 Å². The summed E-state index contributed by atoms with van der Waals surface area (Å²) in [6, 6.07) is 8.92. The summed E-state index contributed by atoms with van der Waals surface area (Å²) in [4.78, 5) is 30.0. The molecule has 0 bridgehead atoms. The Morgan fingerprint density at radius 2 is 1.68 bits per heavy atom. The number of esters is 1. The second kappa shape index (κ2) is 9.48. The molecule has 0 unspecified atom stereocenters. The van der Waals surface area contributed by atoms with Gasteiger partial charge in [0, 0.05) is 22.0 Å². The van der Waals surface area contributed by atoms with Gasteiger partial charge in [0.05, 0.1) is 12.5 Å². The van der Waals surface area contributed by atoms with E-state index in [1.165, 1.54) is 36.5 Å². The van der Waals surface area contributed by atoms with Crippen LogP contribution in [0, 0.1) is 44.8 Å². The molecule has 0 aliphatic heterocycles. The van der Waals surface area contributed by atoms with Gasteiger partial charge in [0.2, 0.25) is 5.91 Å². The Morgan fingerprint density at radius 3 is 2.43 bits per heavy atom. The lowest BCUT2D eigenvalue weighted by Gasteiger charge is -2.70. The van der Waals surface area contributed by atoms with Crippen molar-refractivity contribution in [1.29, 1.82) is 0 Å². The number of benzene rings is 1. The molecule has 5 aliphatic rings. The van der Waals surface area contributed by atoms with Crippen molar-refractivity contribution in [2.75, 3.05) is 13.7 Å². The second-order valence-electron chi connectivity index (χ2n) is 17.6. The van der Waals surface area contributed by atoms with Gasteiger partial charge in [-0.2, -0.15) is 0 Å². The van der Waals surface area contributed by atoms with Gasteiger partial charge in [0.25, 0.3) is 0 Å². The minimum absolute atomic E-state index is 0.0470. The van der Waals surface area contributed by atoms with Crippen molar-refractivity contribution < 1.29 is 14.3 Å². The smallest absolute Gasteiger partial charge is 0.325 e. The predicted molar refractivity (Wildman–Crippen MR) is 176 cm³/mol. The van der Waals surface area contributed by atoms with E-state index in [0.29, 0.717) is 11.8 Å². The number of amides is 1. The van der Waals surface area contributed by atoms with Crippen LogP contribution in [0.1, 0.15) is 111 Å². The van der Waals surface area contributed by atoms with Gasteiger partial charge in [-0.25, -0.2) is 0 Å². The van der Waals surface area contributed by atoms with Gasteiger partial charge in [-0.1, -0.05) is 78.3 Å². The van der Waals surface area contributed by atoms with Crippen LogP contribution in [0.4, 0.5) is 0 Å². The molecular formula is C39H54N2O3. The summed E-state index contributed by atoms with van der Waals surface area (Å²) in [5.74, 6) is 1.10. The largest absolute Gasteiger partial charge is 0.468 e. The Kier molecular flexibility index (Phi) is 6.49. The van der Waals surface area contributed by atoms with Gasteiger partial charge in [0.15, 0.2) is 0 Å². The number of hydrogen-bond acceptors (Lipinski definition) is 3. The number of allylic oxidation sites excluding steroid dienone is 2. The van der Waals surface area contributed by atoms with Crippen molar-refractivity contribution in [3.05, 3.63) is 47.2 Å². The number of aromatic amines is 1. The van der Waals surface area contributed by atoms with Crippen LogP contribution in [0.5, 0.6) is 0 Å². The highest BCUT2D eigenvalue weighted by atomic mass is 16.5. The lowest BCUT2D eigenvalue weighted by atomic mass is 9.33. The van der Waals surface area contributed by atoms with Crippen LogP contribution in [0.15, 0.2) is 35.9 Å². The molecule has 0 radical (unpaired) electrons. The number of nitrogens with one attached hydrogen (secondary N) is 2. The highest BCUT2D eigenvalue weighted by molar-refractivity contribution is 5.87. The van der Waals surface area contributed by atoms with E-state index in [0.717, 1.165) is 44.9 Å². The van der Waals surface area contributed by atoms with Crippen LogP contribution in [0.25, 0.3) is 10.9 Å². The van der Waals surface area contributed by atoms with Gasteiger partial charge in [-0.05, 0) is 109 Å². The first-order valence-corrected chi connectivity index (χ1v) is 17.3.